The first-order chi connectivity index (χ1) is 8.61. The second-order valence-corrected chi connectivity index (χ2v) is 4.86. The number of hydrogen-bond acceptors (Lipinski definition) is 2. The van der Waals surface area contributed by atoms with Crippen LogP contribution in [0, 0.1) is 0 Å². The summed E-state index contributed by atoms with van der Waals surface area (Å²) in [6.45, 7) is 4.10. The zero-order chi connectivity index (χ0) is 13.4. The summed E-state index contributed by atoms with van der Waals surface area (Å²) >= 11 is 0. The normalized spacial score (nSPS) is 11.5. The molecule has 108 valence electrons. The summed E-state index contributed by atoms with van der Waals surface area (Å²) in [6, 6.07) is 8.17. The van der Waals surface area contributed by atoms with Gasteiger partial charge >= 0.3 is 0 Å². The van der Waals surface area contributed by atoms with Gasteiger partial charge in [-0.2, -0.15) is 0 Å². The number of benzene rings is 1. The van der Waals surface area contributed by atoms with Crippen LogP contribution in [0.1, 0.15) is 45.1 Å². The van der Waals surface area contributed by atoms with Crippen molar-refractivity contribution in [3.05, 3.63) is 29.8 Å². The first-order valence-corrected chi connectivity index (χ1v) is 6.76. The molecule has 0 saturated heterocycles. The molecule has 1 aromatic carbocycles. The lowest BCUT2D eigenvalue weighted by Gasteiger charge is -2.07. The molecule has 1 atom stereocenters. The van der Waals surface area contributed by atoms with Crippen LogP contribution in [-0.4, -0.2) is 11.9 Å². The van der Waals surface area contributed by atoms with Crippen LogP contribution in [0.25, 0.3) is 0 Å². The lowest BCUT2D eigenvalue weighted by Crippen LogP contribution is -2.19. The Kier molecular flexibility index (Phi) is 9.27. The van der Waals surface area contributed by atoms with Crippen LogP contribution in [-0.2, 0) is 11.2 Å². The summed E-state index contributed by atoms with van der Waals surface area (Å²) in [5, 5.41) is 2.89. The lowest BCUT2D eigenvalue weighted by molar-refractivity contribution is -0.116. The second kappa shape index (κ2) is 9.82. The van der Waals surface area contributed by atoms with Crippen LogP contribution >= 0.6 is 12.4 Å². The van der Waals surface area contributed by atoms with E-state index in [0.717, 1.165) is 18.5 Å². The van der Waals surface area contributed by atoms with Gasteiger partial charge in [-0.1, -0.05) is 25.5 Å². The standard InChI is InChI=1S/C15H24N2O.ClH/c1-3-4-5-13-7-9-14(10-8-13)17-15(18)11-6-12(2)16;/h7-10,12H,3-6,11,16H2,1-2H3,(H,17,18);1H. The molecule has 1 aromatic rings. The third kappa shape index (κ3) is 7.85. The minimum absolute atomic E-state index is 0. The Morgan fingerprint density at radius 2 is 1.95 bits per heavy atom. The Labute approximate surface area is 122 Å². The van der Waals surface area contributed by atoms with Crippen LogP contribution in [0.5, 0.6) is 0 Å². The Balaban J connectivity index is 0.00000324. The Morgan fingerprint density at radius 3 is 2.47 bits per heavy atom. The third-order valence-corrected chi connectivity index (χ3v) is 2.88. The molecule has 0 heterocycles. The van der Waals surface area contributed by atoms with E-state index in [2.05, 4.69) is 24.4 Å². The van der Waals surface area contributed by atoms with Gasteiger partial charge in [-0.3, -0.25) is 4.79 Å². The zero-order valence-corrected chi connectivity index (χ0v) is 12.6. The van der Waals surface area contributed by atoms with Crippen LogP contribution < -0.4 is 11.1 Å². The summed E-state index contributed by atoms with van der Waals surface area (Å²) in [7, 11) is 0. The van der Waals surface area contributed by atoms with Crippen molar-refractivity contribution in [1.29, 1.82) is 0 Å². The van der Waals surface area contributed by atoms with E-state index in [4.69, 9.17) is 5.73 Å². The van der Waals surface area contributed by atoms with E-state index in [-0.39, 0.29) is 24.4 Å². The summed E-state index contributed by atoms with van der Waals surface area (Å²) in [6.07, 6.45) is 4.72. The molecule has 4 heteroatoms. The fourth-order valence-corrected chi connectivity index (χ4v) is 1.72. The largest absolute Gasteiger partial charge is 0.328 e. The molecular weight excluding hydrogens is 260 g/mol. The summed E-state index contributed by atoms with van der Waals surface area (Å²) < 4.78 is 0. The molecule has 0 fully saturated rings. The molecular formula is C15H25ClN2O. The van der Waals surface area contributed by atoms with Crippen molar-refractivity contribution in [3.8, 4) is 0 Å². The Morgan fingerprint density at radius 1 is 1.32 bits per heavy atom. The maximum Gasteiger partial charge on any atom is 0.224 e. The van der Waals surface area contributed by atoms with Crippen molar-refractivity contribution >= 4 is 24.0 Å². The average molecular weight is 285 g/mol. The van der Waals surface area contributed by atoms with Gasteiger partial charge in [-0.25, -0.2) is 0 Å². The number of carbonyl (C=O) groups excluding carboxylic acids is 1. The van der Waals surface area contributed by atoms with E-state index >= 15 is 0 Å². The highest BCUT2D eigenvalue weighted by atomic mass is 35.5. The minimum atomic E-state index is 0. The van der Waals surface area contributed by atoms with Gasteiger partial charge in [0.2, 0.25) is 5.91 Å². The lowest BCUT2D eigenvalue weighted by atomic mass is 10.1. The van der Waals surface area contributed by atoms with Crippen molar-refractivity contribution in [3.63, 3.8) is 0 Å². The van der Waals surface area contributed by atoms with Gasteiger partial charge in [0.15, 0.2) is 0 Å². The van der Waals surface area contributed by atoms with Gasteiger partial charge < -0.3 is 11.1 Å². The summed E-state index contributed by atoms with van der Waals surface area (Å²) in [5.41, 5.74) is 7.81. The first-order valence-electron chi connectivity index (χ1n) is 6.76. The number of halogens is 1. The fraction of sp³-hybridized carbons (Fsp3) is 0.533. The van der Waals surface area contributed by atoms with E-state index in [1.54, 1.807) is 0 Å². The number of aryl methyl sites for hydroxylation is 1. The first kappa shape index (κ1) is 17.9. The summed E-state index contributed by atoms with van der Waals surface area (Å²) in [5.74, 6) is 0.0357. The SMILES string of the molecule is CCCCc1ccc(NC(=O)CCC(C)N)cc1.Cl. The molecule has 3 N–H and O–H groups in total. The van der Waals surface area contributed by atoms with Crippen molar-refractivity contribution in [2.24, 2.45) is 5.73 Å². The predicted octanol–water partition coefficient (Wildman–Crippen LogP) is 3.52. The van der Waals surface area contributed by atoms with Crippen molar-refractivity contribution < 1.29 is 4.79 Å². The van der Waals surface area contributed by atoms with E-state index in [1.807, 2.05) is 19.1 Å². The quantitative estimate of drug-likeness (QED) is 0.805. The van der Waals surface area contributed by atoms with Crippen LogP contribution in [0.3, 0.4) is 0 Å². The van der Waals surface area contributed by atoms with Crippen LogP contribution in [0.2, 0.25) is 0 Å². The highest BCUT2D eigenvalue weighted by Gasteiger charge is 2.04. The topological polar surface area (TPSA) is 55.1 Å². The molecule has 0 spiro atoms. The molecule has 0 aliphatic carbocycles. The van der Waals surface area contributed by atoms with Crippen molar-refractivity contribution in [1.82, 2.24) is 0 Å². The van der Waals surface area contributed by atoms with Crippen molar-refractivity contribution in [2.75, 3.05) is 5.32 Å². The van der Waals surface area contributed by atoms with Crippen molar-refractivity contribution in [2.45, 2.75) is 52.0 Å². The van der Waals surface area contributed by atoms with Crippen LogP contribution in [0.15, 0.2) is 24.3 Å². The van der Waals surface area contributed by atoms with E-state index in [1.165, 1.54) is 18.4 Å². The van der Waals surface area contributed by atoms with E-state index < -0.39 is 0 Å². The molecule has 1 rings (SSSR count). The summed E-state index contributed by atoms with van der Waals surface area (Å²) in [4.78, 5) is 11.6. The molecule has 0 radical (unpaired) electrons. The molecule has 0 saturated carbocycles. The molecule has 1 unspecified atom stereocenters. The number of nitrogens with one attached hydrogen (secondary N) is 1. The Hall–Kier alpha value is -1.06. The predicted molar refractivity (Wildman–Crippen MR) is 83.8 cm³/mol. The van der Waals surface area contributed by atoms with Gasteiger partial charge in [-0.05, 0) is 43.9 Å². The van der Waals surface area contributed by atoms with Crippen LogP contribution in [0.4, 0.5) is 5.69 Å². The number of nitrogens with two attached hydrogens (primary N) is 1. The van der Waals surface area contributed by atoms with Gasteiger partial charge in [0.05, 0.1) is 0 Å². The molecule has 0 aliphatic rings. The molecule has 0 aliphatic heterocycles. The van der Waals surface area contributed by atoms with Gasteiger partial charge in [0.25, 0.3) is 0 Å². The molecule has 0 aromatic heterocycles. The smallest absolute Gasteiger partial charge is 0.224 e. The molecule has 0 bridgehead atoms. The number of unbranched alkanes of at least 4 members (excludes halogenated alkanes) is 1. The maximum absolute atomic E-state index is 11.6. The molecule has 19 heavy (non-hydrogen) atoms. The fourth-order valence-electron chi connectivity index (χ4n) is 1.72. The number of anilines is 1. The number of hydrogen-bond donors (Lipinski definition) is 2. The highest BCUT2D eigenvalue weighted by molar-refractivity contribution is 5.90. The van der Waals surface area contributed by atoms with E-state index in [9.17, 15) is 4.79 Å². The van der Waals surface area contributed by atoms with Gasteiger partial charge in [0.1, 0.15) is 0 Å². The van der Waals surface area contributed by atoms with Gasteiger partial charge in [0, 0.05) is 18.2 Å². The number of amides is 1. The monoisotopic (exact) mass is 284 g/mol. The highest BCUT2D eigenvalue weighted by Crippen LogP contribution is 2.12. The second-order valence-electron chi connectivity index (χ2n) is 4.86. The Bertz CT molecular complexity index is 363. The maximum atomic E-state index is 11.6. The zero-order valence-electron chi connectivity index (χ0n) is 11.8. The van der Waals surface area contributed by atoms with Gasteiger partial charge in [-0.15, -0.1) is 12.4 Å². The molecule has 1 amide bonds. The van der Waals surface area contributed by atoms with E-state index in [0.29, 0.717) is 6.42 Å². The average Bonchev–Trinajstić information content (AvgIpc) is 2.35. The number of rotatable bonds is 7. The molecule has 3 nitrogen and oxygen atoms in total. The third-order valence-electron chi connectivity index (χ3n) is 2.88. The minimum Gasteiger partial charge on any atom is -0.328 e. The number of carbonyl (C=O) groups is 1.